The van der Waals surface area contributed by atoms with Crippen molar-refractivity contribution < 1.29 is 33.3 Å². The molecular formula is C9H16N3O3S2V-. The molecule has 0 amide bonds. The van der Waals surface area contributed by atoms with Crippen LogP contribution in [0.25, 0.3) is 0 Å². The second-order valence-electron chi connectivity index (χ2n) is 3.73. The number of hydrogen-bond donors (Lipinski definition) is 2. The maximum Gasteiger partial charge on any atom is 0.321 e. The van der Waals surface area contributed by atoms with Gasteiger partial charge in [0.2, 0.25) is 0 Å². The molecule has 103 valence electrons. The van der Waals surface area contributed by atoms with Crippen LogP contribution in [0.2, 0.25) is 0 Å². The van der Waals surface area contributed by atoms with Crippen molar-refractivity contribution in [1.29, 1.82) is 0 Å². The number of aliphatic carboxylic acids is 1. The molecule has 2 rings (SSSR count). The molecule has 0 aromatic carbocycles. The van der Waals surface area contributed by atoms with Crippen molar-refractivity contribution in [2.45, 2.75) is 10.4 Å². The number of carboxylic acid groups (broad SMARTS) is 1. The van der Waals surface area contributed by atoms with E-state index in [2.05, 4.69) is 12.4 Å². The summed E-state index contributed by atoms with van der Waals surface area (Å²) in [6.07, 6.45) is 0. The van der Waals surface area contributed by atoms with Crippen LogP contribution in [0.5, 0.6) is 0 Å². The molecule has 2 aliphatic rings. The van der Waals surface area contributed by atoms with Crippen molar-refractivity contribution >= 4 is 29.5 Å². The van der Waals surface area contributed by atoms with Crippen LogP contribution < -0.4 is 5.32 Å². The third kappa shape index (κ3) is 2.71. The van der Waals surface area contributed by atoms with E-state index in [0.717, 1.165) is 12.3 Å². The maximum atomic E-state index is 11.1. The summed E-state index contributed by atoms with van der Waals surface area (Å²) in [6.45, 7) is 1.33. The van der Waals surface area contributed by atoms with E-state index < -0.39 is 12.0 Å². The van der Waals surface area contributed by atoms with E-state index >= 15 is 0 Å². The molecule has 6 nitrogen and oxygen atoms in total. The van der Waals surface area contributed by atoms with Gasteiger partial charge in [0, 0.05) is 30.1 Å². The number of hydroxylamine groups is 2. The second-order valence-corrected chi connectivity index (χ2v) is 6.45. The minimum atomic E-state index is -0.758. The Bertz CT molecular complexity index is 313. The van der Waals surface area contributed by atoms with E-state index in [4.69, 9.17) is 9.94 Å². The molecule has 0 saturated carbocycles. The van der Waals surface area contributed by atoms with Gasteiger partial charge >= 0.3 is 5.97 Å². The van der Waals surface area contributed by atoms with Crippen LogP contribution in [0.4, 0.5) is 0 Å². The molecule has 2 saturated heterocycles. The molecule has 2 heterocycles. The smallest absolute Gasteiger partial charge is 0.321 e. The van der Waals surface area contributed by atoms with Gasteiger partial charge in [-0.2, -0.15) is 0 Å². The Kier molecular flexibility index (Phi) is 6.34. The average Bonchev–Trinajstić information content (AvgIpc) is 2.56. The van der Waals surface area contributed by atoms with Crippen LogP contribution in [-0.2, 0) is 28.2 Å². The zero-order chi connectivity index (χ0) is 12.5. The fourth-order valence-electron chi connectivity index (χ4n) is 1.94. The summed E-state index contributed by atoms with van der Waals surface area (Å²) < 4.78 is -0.366. The SMILES string of the molecule is [CH2-]NCCSC12SCC(C(=O)O)N1CN2OC.[V]. The van der Waals surface area contributed by atoms with Crippen molar-refractivity contribution in [2.75, 3.05) is 31.8 Å². The first-order chi connectivity index (χ1) is 8.15. The first-order valence-electron chi connectivity index (χ1n) is 5.25. The first-order valence-corrected chi connectivity index (χ1v) is 7.22. The van der Waals surface area contributed by atoms with Crippen LogP contribution >= 0.6 is 23.5 Å². The largest absolute Gasteiger partial charge is 0.480 e. The van der Waals surface area contributed by atoms with Gasteiger partial charge in [0.25, 0.3) is 0 Å². The average molecular weight is 329 g/mol. The predicted molar refractivity (Wildman–Crippen MR) is 68.0 cm³/mol. The van der Waals surface area contributed by atoms with E-state index in [1.807, 2.05) is 9.96 Å². The molecule has 0 aromatic rings. The van der Waals surface area contributed by atoms with Gasteiger partial charge in [-0.3, -0.25) is 16.7 Å². The third-order valence-electron chi connectivity index (χ3n) is 2.84. The normalized spacial score (nSPS) is 31.6. The van der Waals surface area contributed by atoms with Gasteiger partial charge in [0.15, 0.2) is 4.33 Å². The summed E-state index contributed by atoms with van der Waals surface area (Å²) in [5.41, 5.74) is 0. The quantitative estimate of drug-likeness (QED) is 0.523. The molecule has 2 aliphatic heterocycles. The van der Waals surface area contributed by atoms with Crippen molar-refractivity contribution in [1.82, 2.24) is 15.3 Å². The Labute approximate surface area is 127 Å². The summed E-state index contributed by atoms with van der Waals surface area (Å²) >= 11 is 3.30. The number of rotatable bonds is 6. The van der Waals surface area contributed by atoms with Crippen molar-refractivity contribution in [3.8, 4) is 0 Å². The number of hydrogen-bond acceptors (Lipinski definition) is 7. The molecule has 18 heavy (non-hydrogen) atoms. The van der Waals surface area contributed by atoms with Crippen LogP contribution in [0.1, 0.15) is 0 Å². The van der Waals surface area contributed by atoms with Crippen molar-refractivity contribution in [3.63, 3.8) is 0 Å². The summed E-state index contributed by atoms with van der Waals surface area (Å²) in [5.74, 6) is 0.699. The Morgan fingerprint density at radius 1 is 1.78 bits per heavy atom. The first kappa shape index (κ1) is 16.6. The molecule has 9 heteroatoms. The summed E-state index contributed by atoms with van der Waals surface area (Å²) in [7, 11) is 5.19. The predicted octanol–water partition coefficient (Wildman–Crippen LogP) is 0.0461. The zero-order valence-corrected chi connectivity index (χ0v) is 13.1. The molecule has 0 aromatic heterocycles. The summed E-state index contributed by atoms with van der Waals surface area (Å²) in [6, 6.07) is -0.411. The van der Waals surface area contributed by atoms with Gasteiger partial charge in [-0.05, 0) is 6.54 Å². The molecule has 2 fully saturated rings. The molecule has 0 bridgehead atoms. The standard InChI is InChI=1S/C9H16N3O3S2.V/c1-10-3-4-16-9-11(6-12(9)15-2)7(5-17-9)8(13)14;/h7,10H,1,3-6H2,2H3,(H,13,14);/q-1;. The third-order valence-corrected chi connectivity index (χ3v) is 6.06. The molecule has 2 N–H and O–H groups in total. The molecule has 0 spiro atoms. The zero-order valence-electron chi connectivity index (χ0n) is 10.0. The Hall–Kier alpha value is 0.594. The summed E-state index contributed by atoms with van der Waals surface area (Å²) in [4.78, 5) is 18.4. The van der Waals surface area contributed by atoms with E-state index in [-0.39, 0.29) is 22.9 Å². The maximum absolute atomic E-state index is 11.1. The van der Waals surface area contributed by atoms with E-state index in [0.29, 0.717) is 12.4 Å². The fourth-order valence-corrected chi connectivity index (χ4v) is 5.19. The number of nitrogens with zero attached hydrogens (tertiary/aromatic N) is 2. The number of fused-ring (bicyclic) bond motifs is 1. The molecular weight excluding hydrogens is 313 g/mol. The van der Waals surface area contributed by atoms with E-state index in [9.17, 15) is 4.79 Å². The fraction of sp³-hybridized carbons (Fsp3) is 0.778. The van der Waals surface area contributed by atoms with Gasteiger partial charge in [-0.1, -0.05) is 0 Å². The van der Waals surface area contributed by atoms with Gasteiger partial charge in [0.1, 0.15) is 6.04 Å². The van der Waals surface area contributed by atoms with Crippen molar-refractivity contribution in [3.05, 3.63) is 7.05 Å². The van der Waals surface area contributed by atoms with Gasteiger partial charge in [-0.15, -0.1) is 28.6 Å². The molecule has 1 radical (unpaired) electrons. The van der Waals surface area contributed by atoms with Crippen LogP contribution in [-0.4, -0.2) is 63.2 Å². The van der Waals surface area contributed by atoms with Crippen molar-refractivity contribution in [2.24, 2.45) is 0 Å². The van der Waals surface area contributed by atoms with Gasteiger partial charge in [-0.25, -0.2) is 4.90 Å². The topological polar surface area (TPSA) is 65.0 Å². The van der Waals surface area contributed by atoms with Gasteiger partial charge in [0.05, 0.1) is 13.8 Å². The van der Waals surface area contributed by atoms with E-state index in [1.165, 1.54) is 0 Å². The Morgan fingerprint density at radius 2 is 2.50 bits per heavy atom. The minimum Gasteiger partial charge on any atom is -0.480 e. The number of carbonyl (C=O) groups is 1. The number of carboxylic acids is 1. The number of thioether (sulfide) groups is 2. The van der Waals surface area contributed by atoms with E-state index in [1.54, 1.807) is 30.6 Å². The second kappa shape index (κ2) is 6.85. The molecule has 2 atom stereocenters. The molecule has 0 aliphatic carbocycles. The van der Waals surface area contributed by atoms with Crippen LogP contribution in [0.3, 0.4) is 0 Å². The van der Waals surface area contributed by atoms with Crippen LogP contribution in [0, 0.1) is 7.05 Å². The Morgan fingerprint density at radius 3 is 3.06 bits per heavy atom. The van der Waals surface area contributed by atoms with Crippen LogP contribution in [0.15, 0.2) is 0 Å². The Balaban J connectivity index is 0.00000162. The van der Waals surface area contributed by atoms with Gasteiger partial charge < -0.3 is 10.4 Å². The number of nitrogens with one attached hydrogen (secondary N) is 1. The monoisotopic (exact) mass is 329 g/mol. The summed E-state index contributed by atoms with van der Waals surface area (Å²) in [5, 5.41) is 13.8. The minimum absolute atomic E-state index is 0. The molecule has 2 unspecified atom stereocenters.